The molecule has 2 aliphatic heterocycles. The van der Waals surface area contributed by atoms with E-state index in [0.29, 0.717) is 0 Å². The molecule has 5 heteroatoms. The van der Waals surface area contributed by atoms with Crippen LogP contribution in [0.15, 0.2) is 243 Å². The lowest BCUT2D eigenvalue weighted by Gasteiger charge is -2.35. The molecule has 0 bridgehead atoms. The highest BCUT2D eigenvalue weighted by atomic mass is 28.3. The van der Waals surface area contributed by atoms with Crippen molar-refractivity contribution in [3.8, 4) is 56.3 Å². The second-order valence-electron chi connectivity index (χ2n) is 17.1. The van der Waals surface area contributed by atoms with Crippen molar-refractivity contribution < 1.29 is 9.39 Å². The van der Waals surface area contributed by atoms with E-state index in [-0.39, 0.29) is 6.92 Å². The number of para-hydroxylation sites is 2. The van der Waals surface area contributed by atoms with Crippen LogP contribution in [0.1, 0.15) is 0 Å². The highest BCUT2D eigenvalue weighted by Crippen LogP contribution is 2.42. The van der Waals surface area contributed by atoms with Gasteiger partial charge in [0.25, 0.3) is 0 Å². The normalized spacial score (nSPS) is 12.5. The smallest absolute Gasteiger partial charge is 0.434 e. The van der Waals surface area contributed by atoms with E-state index in [1.807, 2.05) is 0 Å². The Hall–Kier alpha value is -8.12. The zero-order chi connectivity index (χ0) is 42.9. The Bertz CT molecular complexity index is 3470. The second kappa shape index (κ2) is 15.0. The molecule has 3 nitrogen and oxygen atoms in total. The van der Waals surface area contributed by atoms with E-state index in [9.17, 15) is 0 Å². The third kappa shape index (κ3) is 5.90. The largest absolute Gasteiger partial charge is 0.551 e. The first-order chi connectivity index (χ1) is 32.2. The lowest BCUT2D eigenvalue weighted by molar-refractivity contribution is 0.479. The van der Waals surface area contributed by atoms with Gasteiger partial charge in [0.15, 0.2) is 8.07 Å². The summed E-state index contributed by atoms with van der Waals surface area (Å²) in [5, 5.41) is 7.91. The van der Waals surface area contributed by atoms with Gasteiger partial charge in [0.1, 0.15) is 17.2 Å². The summed E-state index contributed by atoms with van der Waals surface area (Å²) in [4.78, 5) is 0. The molecule has 1 aromatic heterocycles. The lowest BCUT2D eigenvalue weighted by Crippen LogP contribution is -2.74. The van der Waals surface area contributed by atoms with Crippen molar-refractivity contribution in [1.82, 2.24) is 4.57 Å². The first-order valence-corrected chi connectivity index (χ1v) is 24.3. The van der Waals surface area contributed by atoms with Gasteiger partial charge in [-0.3, -0.25) is 0 Å². The Kier molecular flexibility index (Phi) is 8.65. The van der Waals surface area contributed by atoms with Gasteiger partial charge in [0.2, 0.25) is 0 Å². The number of hydrogen-bond donors (Lipinski definition) is 0. The highest BCUT2D eigenvalue weighted by molar-refractivity contribution is 7.19. The van der Waals surface area contributed by atoms with Crippen LogP contribution in [-0.4, -0.2) is 19.6 Å². The predicted octanol–water partition coefficient (Wildman–Crippen LogP) is 10.8. The fraction of sp³-hybridized carbons (Fsp3) is 0. The second-order valence-corrected chi connectivity index (χ2v) is 20.9. The number of fused-ring (bicyclic) bond motifs is 7. The quantitative estimate of drug-likeness (QED) is 0.118. The molecule has 0 radical (unpaired) electrons. The molecule has 0 amide bonds. The summed E-state index contributed by atoms with van der Waals surface area (Å²) >= 11 is 0. The van der Waals surface area contributed by atoms with E-state index in [4.69, 9.17) is 9.39 Å². The molecular weight excluding hydrogens is 806 g/mol. The van der Waals surface area contributed by atoms with Crippen LogP contribution < -0.4 is 41.1 Å². The lowest BCUT2D eigenvalue weighted by atomic mass is 9.50. The van der Waals surface area contributed by atoms with Crippen molar-refractivity contribution in [3.05, 3.63) is 243 Å². The van der Waals surface area contributed by atoms with Crippen LogP contribution in [0.4, 0.5) is 0 Å². The molecular formula is C60H40BNO2Si. The van der Waals surface area contributed by atoms with Gasteiger partial charge in [-0.1, -0.05) is 194 Å². The highest BCUT2D eigenvalue weighted by Gasteiger charge is 2.43. The average molecular weight is 846 g/mol. The molecule has 11 aromatic rings. The molecule has 0 spiro atoms. The van der Waals surface area contributed by atoms with E-state index < -0.39 is 8.07 Å². The molecule has 304 valence electrons. The zero-order valence-corrected chi connectivity index (χ0v) is 36.4. The van der Waals surface area contributed by atoms with Gasteiger partial charge in [-0.25, -0.2) is 0 Å². The maximum absolute atomic E-state index is 7.10. The maximum Gasteiger partial charge on any atom is 0.434 e. The van der Waals surface area contributed by atoms with Crippen LogP contribution in [0.2, 0.25) is 0 Å². The van der Waals surface area contributed by atoms with Crippen molar-refractivity contribution in [2.24, 2.45) is 0 Å². The molecule has 0 aliphatic carbocycles. The van der Waals surface area contributed by atoms with Crippen LogP contribution >= 0.6 is 0 Å². The summed E-state index contributed by atoms with van der Waals surface area (Å²) in [6.45, 7) is -0.318. The number of hydrogen-bond acceptors (Lipinski definition) is 2. The van der Waals surface area contributed by atoms with Gasteiger partial charge in [-0.15, -0.1) is 0 Å². The van der Waals surface area contributed by atoms with Crippen LogP contribution in [0.5, 0.6) is 17.2 Å². The van der Waals surface area contributed by atoms with Crippen LogP contribution in [0.25, 0.3) is 60.9 Å². The molecule has 0 atom stereocenters. The van der Waals surface area contributed by atoms with Crippen molar-refractivity contribution in [3.63, 3.8) is 0 Å². The average Bonchev–Trinajstić information content (AvgIpc) is 3.72. The number of nitrogens with zero attached hydrogens (tertiary/aromatic N) is 1. The van der Waals surface area contributed by atoms with Gasteiger partial charge in [-0.05, 0) is 97.1 Å². The number of rotatable bonds is 7. The first-order valence-electron chi connectivity index (χ1n) is 22.3. The van der Waals surface area contributed by atoms with E-state index in [0.717, 1.165) is 61.7 Å². The minimum atomic E-state index is -2.71. The van der Waals surface area contributed by atoms with E-state index in [1.165, 1.54) is 48.1 Å². The first kappa shape index (κ1) is 37.4. The summed E-state index contributed by atoms with van der Waals surface area (Å²) < 4.78 is 16.2. The number of aromatic nitrogens is 1. The fourth-order valence-electron chi connectivity index (χ4n) is 10.7. The molecule has 0 fully saturated rings. The Labute approximate surface area is 379 Å². The topological polar surface area (TPSA) is 23.4 Å². The monoisotopic (exact) mass is 845 g/mol. The van der Waals surface area contributed by atoms with E-state index in [1.54, 1.807) is 0 Å². The van der Waals surface area contributed by atoms with Crippen molar-refractivity contribution in [1.29, 1.82) is 0 Å². The molecule has 0 N–H and O–H groups in total. The Morgan fingerprint density at radius 2 is 0.877 bits per heavy atom. The molecule has 0 saturated heterocycles. The SMILES string of the molecule is c1ccc([Si](c2ccccc2)(c2ccccc2)c2cccc(-c3ccc4c(c3)-c3cccc5c3B(O4)c3cc(-c4cccc(-n6c7ccccc7c7ccccc76)c4)ccc3O5)c2)cc1. The summed E-state index contributed by atoms with van der Waals surface area (Å²) in [6, 6.07) is 88.4. The van der Waals surface area contributed by atoms with Gasteiger partial charge in [0, 0.05) is 32.9 Å². The van der Waals surface area contributed by atoms with Crippen LogP contribution in [0.3, 0.4) is 0 Å². The Morgan fingerprint density at radius 3 is 1.54 bits per heavy atom. The van der Waals surface area contributed by atoms with Crippen molar-refractivity contribution in [2.75, 3.05) is 0 Å². The third-order valence-electron chi connectivity index (χ3n) is 13.6. The minimum absolute atomic E-state index is 0.318. The molecule has 2 aliphatic rings. The molecule has 3 heterocycles. The fourth-order valence-corrected chi connectivity index (χ4v) is 15.5. The van der Waals surface area contributed by atoms with Crippen LogP contribution in [0, 0.1) is 0 Å². The van der Waals surface area contributed by atoms with Gasteiger partial charge >= 0.3 is 6.92 Å². The molecule has 65 heavy (non-hydrogen) atoms. The van der Waals surface area contributed by atoms with Crippen molar-refractivity contribution in [2.45, 2.75) is 0 Å². The Morgan fingerprint density at radius 1 is 0.354 bits per heavy atom. The van der Waals surface area contributed by atoms with Crippen molar-refractivity contribution >= 4 is 68.5 Å². The molecule has 0 saturated carbocycles. The summed E-state index contributed by atoms with van der Waals surface area (Å²) in [5.74, 6) is 2.53. The third-order valence-corrected chi connectivity index (χ3v) is 18.4. The molecule has 10 aromatic carbocycles. The maximum atomic E-state index is 7.10. The van der Waals surface area contributed by atoms with Gasteiger partial charge in [-0.2, -0.15) is 0 Å². The number of benzene rings is 10. The van der Waals surface area contributed by atoms with Gasteiger partial charge < -0.3 is 14.0 Å². The van der Waals surface area contributed by atoms with Crippen LogP contribution in [-0.2, 0) is 0 Å². The van der Waals surface area contributed by atoms with Gasteiger partial charge in [0.05, 0.1) is 11.0 Å². The zero-order valence-electron chi connectivity index (χ0n) is 35.4. The summed E-state index contributed by atoms with van der Waals surface area (Å²) in [5.41, 5.74) is 12.4. The summed E-state index contributed by atoms with van der Waals surface area (Å²) in [6.07, 6.45) is 0. The summed E-state index contributed by atoms with van der Waals surface area (Å²) in [7, 11) is -2.71. The molecule has 13 rings (SSSR count). The number of ether oxygens (including phenoxy) is 1. The minimum Gasteiger partial charge on any atom is -0.551 e. The van der Waals surface area contributed by atoms with E-state index >= 15 is 0 Å². The predicted molar refractivity (Wildman–Crippen MR) is 273 cm³/mol. The Balaban J connectivity index is 0.891. The molecule has 0 unspecified atom stereocenters. The standard InChI is InChI=1S/C60H40BNO2Si/c1-4-20-46(21-5-1)65(47-22-6-2-7-23-47,48-24-8-3-9-25-48)49-26-15-18-42(38-49)43-33-35-57-53(39-43)52-29-16-32-59-60(52)61(64-57)54-40-44(34-36-58(54)63-59)41-17-14-19-45(37-41)62-55-30-12-10-27-50(55)51-28-11-13-31-56(51)62/h1-40H. The van der Waals surface area contributed by atoms with E-state index in [2.05, 4.69) is 247 Å².